The molecule has 6 rings (SSSR count). The molecule has 2 atom stereocenters. The van der Waals surface area contributed by atoms with Gasteiger partial charge in [0.25, 0.3) is 5.91 Å². The number of hydrogen-bond donors (Lipinski definition) is 2. The lowest BCUT2D eigenvalue weighted by atomic mass is 9.99. The molecular weight excluding hydrogens is 513 g/mol. The maximum Gasteiger partial charge on any atom is 0.387 e. The van der Waals surface area contributed by atoms with Crippen LogP contribution >= 0.6 is 0 Å². The van der Waals surface area contributed by atoms with Crippen molar-refractivity contribution in [1.82, 2.24) is 20.4 Å². The van der Waals surface area contributed by atoms with Crippen molar-refractivity contribution >= 4 is 16.9 Å². The zero-order chi connectivity index (χ0) is 27.1. The van der Waals surface area contributed by atoms with Gasteiger partial charge in [-0.2, -0.15) is 13.9 Å². The Morgan fingerprint density at radius 3 is 2.64 bits per heavy atom. The van der Waals surface area contributed by atoms with Crippen LogP contribution in [0.15, 0.2) is 53.4 Å². The highest BCUT2D eigenvalue weighted by Crippen LogP contribution is 2.40. The number of aromatic nitrogens is 2. The van der Waals surface area contributed by atoms with Crippen molar-refractivity contribution in [3.05, 3.63) is 54.6 Å². The number of amides is 1. The number of nitrogens with zero attached hydrogens (tertiary/aromatic N) is 2. The zero-order valence-electron chi connectivity index (χ0n) is 21.1. The van der Waals surface area contributed by atoms with Crippen LogP contribution in [0.25, 0.3) is 33.2 Å². The van der Waals surface area contributed by atoms with Crippen molar-refractivity contribution in [2.45, 2.75) is 44.1 Å². The van der Waals surface area contributed by atoms with Gasteiger partial charge in [-0.15, -0.1) is 0 Å². The number of methoxy groups -OCH3 is 1. The molecule has 11 heteroatoms. The van der Waals surface area contributed by atoms with Gasteiger partial charge in [-0.05, 0) is 61.3 Å². The molecule has 4 aromatic rings. The van der Waals surface area contributed by atoms with E-state index in [1.807, 2.05) is 35.3 Å². The van der Waals surface area contributed by atoms with Crippen LogP contribution in [0.3, 0.4) is 0 Å². The molecule has 204 valence electrons. The number of fused-ring (bicyclic) bond motifs is 1. The summed E-state index contributed by atoms with van der Waals surface area (Å²) in [6.45, 7) is -1.24. The third-order valence-corrected chi connectivity index (χ3v) is 7.26. The molecule has 39 heavy (non-hydrogen) atoms. The first-order valence-electron chi connectivity index (χ1n) is 12.8. The third-order valence-electron chi connectivity index (χ3n) is 7.26. The Morgan fingerprint density at radius 1 is 1.15 bits per heavy atom. The number of furan rings is 1. The second kappa shape index (κ2) is 10.3. The Hall–Kier alpha value is -3.99. The highest BCUT2D eigenvalue weighted by molar-refractivity contribution is 6.02. The van der Waals surface area contributed by atoms with Crippen LogP contribution in [0.5, 0.6) is 11.5 Å². The molecule has 8 nitrogen and oxygen atoms in total. The second-order valence-corrected chi connectivity index (χ2v) is 9.81. The van der Waals surface area contributed by atoms with Crippen molar-refractivity contribution in [1.29, 1.82) is 0 Å². The largest absolute Gasteiger partial charge is 0.496 e. The number of rotatable bonds is 8. The Balaban J connectivity index is 1.33. The van der Waals surface area contributed by atoms with Crippen LogP contribution in [-0.2, 0) is 0 Å². The van der Waals surface area contributed by atoms with Crippen molar-refractivity contribution in [3.8, 4) is 33.8 Å². The molecule has 2 aromatic heterocycles. The van der Waals surface area contributed by atoms with Gasteiger partial charge < -0.3 is 24.5 Å². The first-order chi connectivity index (χ1) is 18.9. The summed E-state index contributed by atoms with van der Waals surface area (Å²) in [7, 11) is 1.32. The molecule has 1 saturated heterocycles. The number of alkyl halides is 3. The number of piperidine rings is 1. The van der Waals surface area contributed by atoms with E-state index >= 15 is 0 Å². The predicted octanol–water partition coefficient (Wildman–Crippen LogP) is 5.34. The van der Waals surface area contributed by atoms with Crippen LogP contribution in [-0.4, -0.2) is 54.7 Å². The van der Waals surface area contributed by atoms with E-state index in [0.29, 0.717) is 22.8 Å². The van der Waals surface area contributed by atoms with Crippen molar-refractivity contribution in [3.63, 3.8) is 0 Å². The van der Waals surface area contributed by atoms with E-state index < -0.39 is 24.7 Å². The molecule has 1 amide bonds. The Bertz CT molecular complexity index is 1510. The summed E-state index contributed by atoms with van der Waals surface area (Å²) < 4.78 is 57.9. The lowest BCUT2D eigenvalue weighted by Crippen LogP contribution is -2.29. The van der Waals surface area contributed by atoms with E-state index in [1.54, 1.807) is 6.07 Å². The number of carbonyl (C=O) groups excluding carboxylic acids is 1. The molecule has 0 spiro atoms. The fraction of sp³-hybridized carbons (Fsp3) is 0.357. The van der Waals surface area contributed by atoms with Gasteiger partial charge in [0.05, 0.1) is 31.7 Å². The first kappa shape index (κ1) is 25.3. The number of nitrogens with one attached hydrogen (secondary N) is 2. The second-order valence-electron chi connectivity index (χ2n) is 9.81. The van der Waals surface area contributed by atoms with Gasteiger partial charge in [0.15, 0.2) is 0 Å². The van der Waals surface area contributed by atoms with Gasteiger partial charge >= 0.3 is 6.61 Å². The summed E-state index contributed by atoms with van der Waals surface area (Å²) >= 11 is 0. The Kier molecular flexibility index (Phi) is 6.68. The molecule has 0 bridgehead atoms. The van der Waals surface area contributed by atoms with Crippen molar-refractivity contribution in [2.75, 3.05) is 20.2 Å². The SMILES string of the molecule is COc1cc(-c2coc3cc(-c4cnn(C5CCNCC5)c4)ccc23)cc(OC(F)F)c1C(=O)N[C@@H]1C[C@@H]1F. The molecule has 2 aromatic carbocycles. The van der Waals surface area contributed by atoms with Gasteiger partial charge in [-0.1, -0.05) is 6.07 Å². The minimum atomic E-state index is -3.18. The zero-order valence-corrected chi connectivity index (χ0v) is 21.1. The minimum Gasteiger partial charge on any atom is -0.496 e. The van der Waals surface area contributed by atoms with E-state index in [9.17, 15) is 18.0 Å². The Labute approximate surface area is 222 Å². The molecule has 1 aliphatic carbocycles. The van der Waals surface area contributed by atoms with Gasteiger partial charge in [0, 0.05) is 29.1 Å². The molecule has 0 radical (unpaired) electrons. The van der Waals surface area contributed by atoms with Crippen LogP contribution in [0.1, 0.15) is 35.7 Å². The number of benzene rings is 2. The van der Waals surface area contributed by atoms with Crippen LogP contribution in [0.2, 0.25) is 0 Å². The Morgan fingerprint density at radius 2 is 1.92 bits per heavy atom. The molecule has 0 unspecified atom stereocenters. The average molecular weight is 541 g/mol. The number of hydrogen-bond acceptors (Lipinski definition) is 6. The molecule has 3 heterocycles. The topological polar surface area (TPSA) is 90.6 Å². The monoisotopic (exact) mass is 540 g/mol. The molecule has 2 N–H and O–H groups in total. The number of carbonyl (C=O) groups is 1. The van der Waals surface area contributed by atoms with Gasteiger partial charge in [0.1, 0.15) is 28.8 Å². The number of halogens is 3. The lowest BCUT2D eigenvalue weighted by Gasteiger charge is -2.22. The summed E-state index contributed by atoms with van der Waals surface area (Å²) in [6.07, 6.45) is 6.47. The summed E-state index contributed by atoms with van der Waals surface area (Å²) in [5.41, 5.74) is 3.33. The highest BCUT2D eigenvalue weighted by Gasteiger charge is 2.40. The van der Waals surface area contributed by atoms with Crippen molar-refractivity contribution in [2.24, 2.45) is 0 Å². The average Bonchev–Trinajstić information content (AvgIpc) is 3.31. The summed E-state index contributed by atoms with van der Waals surface area (Å²) in [4.78, 5) is 12.8. The number of ether oxygens (including phenoxy) is 2. The summed E-state index contributed by atoms with van der Waals surface area (Å²) in [6, 6.07) is 8.34. The highest BCUT2D eigenvalue weighted by atomic mass is 19.3. The maximum atomic E-state index is 13.4. The molecule has 1 aliphatic heterocycles. The third kappa shape index (κ3) is 5.06. The van der Waals surface area contributed by atoms with Crippen molar-refractivity contribution < 1.29 is 31.9 Å². The molecule has 2 fully saturated rings. The van der Waals surface area contributed by atoms with E-state index in [1.165, 1.54) is 19.4 Å². The summed E-state index contributed by atoms with van der Waals surface area (Å²) in [5.74, 6) is -1.09. The lowest BCUT2D eigenvalue weighted by molar-refractivity contribution is -0.0502. The fourth-order valence-electron chi connectivity index (χ4n) is 5.06. The quantitative estimate of drug-likeness (QED) is 0.314. The normalized spacial score (nSPS) is 19.4. The summed E-state index contributed by atoms with van der Waals surface area (Å²) in [5, 5.41) is 11.2. The smallest absolute Gasteiger partial charge is 0.387 e. The molecular formula is C28H27F3N4O4. The standard InChI is InChI=1S/C28H27F3N4O4/c1-37-24-9-16(10-25(39-28(30)31)26(24)27(36)34-22-11-21(22)29)20-14-38-23-8-15(2-3-19(20)23)17-12-33-35(13-17)18-4-6-32-7-5-18/h2-3,8-10,12-14,18,21-22,28,32H,4-7,11H2,1H3,(H,34,36)/t21-,22+/m0/s1. The fourth-order valence-corrected chi connectivity index (χ4v) is 5.06. The maximum absolute atomic E-state index is 13.4. The van der Waals surface area contributed by atoms with Gasteiger partial charge in [-0.25, -0.2) is 4.39 Å². The van der Waals surface area contributed by atoms with Gasteiger partial charge in [0.2, 0.25) is 0 Å². The first-order valence-corrected chi connectivity index (χ1v) is 12.8. The van der Waals surface area contributed by atoms with E-state index in [0.717, 1.165) is 42.4 Å². The molecule has 1 saturated carbocycles. The minimum absolute atomic E-state index is 0.0213. The van der Waals surface area contributed by atoms with Crippen LogP contribution < -0.4 is 20.1 Å². The van der Waals surface area contributed by atoms with E-state index in [4.69, 9.17) is 13.9 Å². The van der Waals surface area contributed by atoms with E-state index in [2.05, 4.69) is 15.7 Å². The van der Waals surface area contributed by atoms with Crippen LogP contribution in [0.4, 0.5) is 13.2 Å². The van der Waals surface area contributed by atoms with Crippen LogP contribution in [0, 0.1) is 0 Å². The van der Waals surface area contributed by atoms with E-state index in [-0.39, 0.29) is 23.5 Å². The van der Waals surface area contributed by atoms with Gasteiger partial charge in [-0.3, -0.25) is 9.48 Å². The molecule has 2 aliphatic rings. The predicted molar refractivity (Wildman–Crippen MR) is 138 cm³/mol.